The highest BCUT2D eigenvalue weighted by atomic mass is 14.7. The minimum Gasteiger partial charge on any atom is -0.261 e. The van der Waals surface area contributed by atoms with Crippen molar-refractivity contribution in [1.29, 1.82) is 0 Å². The Hall–Kier alpha value is -1.37. The lowest BCUT2D eigenvalue weighted by molar-refractivity contribution is 1.04. The van der Waals surface area contributed by atoms with E-state index >= 15 is 0 Å². The molecule has 0 saturated carbocycles. The first kappa shape index (κ1) is 8.24. The highest BCUT2D eigenvalue weighted by molar-refractivity contribution is 5.69. The third kappa shape index (κ3) is 1.69. The zero-order valence-electron chi connectivity index (χ0n) is 7.83. The Bertz CT molecular complexity index is 361. The lowest BCUT2D eigenvalue weighted by Crippen LogP contribution is -1.93. The maximum Gasteiger partial charge on any atom is 0.0447 e. The summed E-state index contributed by atoms with van der Waals surface area (Å²) in [4.78, 5) is 4.29. The van der Waals surface area contributed by atoms with Crippen molar-refractivity contribution in [3.8, 4) is 0 Å². The van der Waals surface area contributed by atoms with Crippen LogP contribution < -0.4 is 0 Å². The number of hydrogen-bond acceptors (Lipinski definition) is 1. The van der Waals surface area contributed by atoms with E-state index in [1.54, 1.807) is 0 Å². The molecule has 0 saturated heterocycles. The van der Waals surface area contributed by atoms with Crippen LogP contribution in [0.15, 0.2) is 36.6 Å². The fourth-order valence-electron chi connectivity index (χ4n) is 1.65. The Labute approximate surface area is 78.8 Å². The Morgan fingerprint density at radius 2 is 2.31 bits per heavy atom. The van der Waals surface area contributed by atoms with Gasteiger partial charge in [0.05, 0.1) is 0 Å². The van der Waals surface area contributed by atoms with Gasteiger partial charge in [0.1, 0.15) is 0 Å². The van der Waals surface area contributed by atoms with E-state index in [0.717, 1.165) is 18.5 Å². The molecule has 1 aromatic rings. The summed E-state index contributed by atoms with van der Waals surface area (Å²) in [6, 6.07) is 4.15. The normalized spacial score (nSPS) is 15.6. The molecule has 1 aliphatic carbocycles. The summed E-state index contributed by atoms with van der Waals surface area (Å²) in [5.74, 6) is 0. The number of rotatable bonds is 1. The van der Waals surface area contributed by atoms with Crippen LogP contribution in [-0.4, -0.2) is 4.98 Å². The van der Waals surface area contributed by atoms with Gasteiger partial charge in [-0.2, -0.15) is 0 Å². The van der Waals surface area contributed by atoms with Gasteiger partial charge in [-0.3, -0.25) is 4.98 Å². The Kier molecular flexibility index (Phi) is 2.26. The van der Waals surface area contributed by atoms with Crippen molar-refractivity contribution >= 4 is 5.57 Å². The molecule has 0 bridgehead atoms. The largest absolute Gasteiger partial charge is 0.261 e. The van der Waals surface area contributed by atoms with Crippen molar-refractivity contribution < 1.29 is 0 Å². The highest BCUT2D eigenvalue weighted by Gasteiger charge is 2.05. The summed E-state index contributed by atoms with van der Waals surface area (Å²) in [6.45, 7) is 2.06. The molecule has 13 heavy (non-hydrogen) atoms. The van der Waals surface area contributed by atoms with Gasteiger partial charge in [0.2, 0.25) is 0 Å². The van der Waals surface area contributed by atoms with Gasteiger partial charge < -0.3 is 0 Å². The Morgan fingerprint density at radius 3 is 3.00 bits per heavy atom. The van der Waals surface area contributed by atoms with Crippen LogP contribution in [0.1, 0.15) is 24.1 Å². The predicted molar refractivity (Wildman–Crippen MR) is 55.3 cm³/mol. The number of aromatic nitrogens is 1. The summed E-state index contributed by atoms with van der Waals surface area (Å²) in [5, 5.41) is 0. The average molecular weight is 171 g/mol. The molecule has 0 atom stereocenters. The molecular formula is C12H13N. The third-order valence-electron chi connectivity index (χ3n) is 2.37. The van der Waals surface area contributed by atoms with Gasteiger partial charge in [-0.25, -0.2) is 0 Å². The van der Waals surface area contributed by atoms with Crippen molar-refractivity contribution in [2.45, 2.75) is 19.8 Å². The van der Waals surface area contributed by atoms with Crippen molar-refractivity contribution in [3.63, 3.8) is 0 Å². The molecule has 1 aliphatic rings. The Morgan fingerprint density at radius 1 is 1.38 bits per heavy atom. The van der Waals surface area contributed by atoms with E-state index in [1.165, 1.54) is 11.1 Å². The first-order chi connectivity index (χ1) is 6.38. The summed E-state index contributed by atoms with van der Waals surface area (Å²) in [7, 11) is 0. The predicted octanol–water partition coefficient (Wildman–Crippen LogP) is 3.12. The van der Waals surface area contributed by atoms with Gasteiger partial charge in [0, 0.05) is 11.9 Å². The van der Waals surface area contributed by atoms with Gasteiger partial charge in [-0.05, 0) is 37.0 Å². The van der Waals surface area contributed by atoms with Crippen molar-refractivity contribution in [2.24, 2.45) is 0 Å². The van der Waals surface area contributed by atoms with Crippen molar-refractivity contribution in [1.82, 2.24) is 4.98 Å². The maximum absolute atomic E-state index is 4.29. The summed E-state index contributed by atoms with van der Waals surface area (Å²) in [5.41, 5.74) is 3.84. The maximum atomic E-state index is 4.29. The van der Waals surface area contributed by atoms with Gasteiger partial charge >= 0.3 is 0 Å². The fourth-order valence-corrected chi connectivity index (χ4v) is 1.65. The van der Waals surface area contributed by atoms with E-state index in [-0.39, 0.29) is 0 Å². The molecule has 66 valence electrons. The number of nitrogens with zero attached hydrogens (tertiary/aromatic N) is 1. The monoisotopic (exact) mass is 171 g/mol. The van der Waals surface area contributed by atoms with E-state index in [0.29, 0.717) is 0 Å². The molecule has 1 nitrogen and oxygen atoms in total. The minimum atomic E-state index is 1.13. The summed E-state index contributed by atoms with van der Waals surface area (Å²) in [6.07, 6.45) is 10.7. The van der Waals surface area contributed by atoms with Crippen LogP contribution in [0.5, 0.6) is 0 Å². The number of aryl methyl sites for hydroxylation is 1. The zero-order chi connectivity index (χ0) is 9.10. The summed E-state index contributed by atoms with van der Waals surface area (Å²) < 4.78 is 0. The molecule has 0 aromatic carbocycles. The molecule has 1 aromatic heterocycles. The molecule has 0 aliphatic heterocycles. The topological polar surface area (TPSA) is 12.9 Å². The SMILES string of the molecule is Cc1ncccc1C1=CC=CCC1. The lowest BCUT2D eigenvalue weighted by Gasteiger charge is -2.10. The molecule has 0 fully saturated rings. The van der Waals surface area contributed by atoms with Crippen LogP contribution in [0.4, 0.5) is 0 Å². The number of allylic oxidation sites excluding steroid dienone is 4. The van der Waals surface area contributed by atoms with Gasteiger partial charge in [0.25, 0.3) is 0 Å². The molecule has 0 spiro atoms. The first-order valence-electron chi connectivity index (χ1n) is 4.65. The van der Waals surface area contributed by atoms with Crippen LogP contribution in [0.3, 0.4) is 0 Å². The lowest BCUT2D eigenvalue weighted by atomic mass is 9.97. The summed E-state index contributed by atoms with van der Waals surface area (Å²) >= 11 is 0. The van der Waals surface area contributed by atoms with E-state index in [4.69, 9.17) is 0 Å². The van der Waals surface area contributed by atoms with Gasteiger partial charge in [-0.1, -0.05) is 24.3 Å². The number of hydrogen-bond donors (Lipinski definition) is 0. The first-order valence-corrected chi connectivity index (χ1v) is 4.65. The number of pyridine rings is 1. The van der Waals surface area contributed by atoms with Crippen molar-refractivity contribution in [3.05, 3.63) is 47.8 Å². The second-order valence-electron chi connectivity index (χ2n) is 3.30. The second kappa shape index (κ2) is 3.56. The van der Waals surface area contributed by atoms with Crippen LogP contribution in [-0.2, 0) is 0 Å². The van der Waals surface area contributed by atoms with Crippen LogP contribution in [0, 0.1) is 6.92 Å². The standard InChI is InChI=1S/C12H13N/c1-10-12(8-5-9-13-10)11-6-3-2-4-7-11/h2-3,5-6,8-9H,4,7H2,1H3. The van der Waals surface area contributed by atoms with E-state index in [9.17, 15) is 0 Å². The molecule has 0 radical (unpaired) electrons. The molecule has 0 amide bonds. The van der Waals surface area contributed by atoms with Gasteiger partial charge in [-0.15, -0.1) is 0 Å². The van der Waals surface area contributed by atoms with E-state index < -0.39 is 0 Å². The quantitative estimate of drug-likeness (QED) is 0.632. The van der Waals surface area contributed by atoms with E-state index in [1.807, 2.05) is 12.3 Å². The second-order valence-corrected chi connectivity index (χ2v) is 3.30. The van der Waals surface area contributed by atoms with Crippen molar-refractivity contribution in [2.75, 3.05) is 0 Å². The fraction of sp³-hybridized carbons (Fsp3) is 0.250. The Balaban J connectivity index is 2.40. The third-order valence-corrected chi connectivity index (χ3v) is 2.37. The molecule has 2 rings (SSSR count). The molecule has 1 heterocycles. The van der Waals surface area contributed by atoms with Crippen LogP contribution in [0.2, 0.25) is 0 Å². The van der Waals surface area contributed by atoms with Gasteiger partial charge in [0.15, 0.2) is 0 Å². The highest BCUT2D eigenvalue weighted by Crippen LogP contribution is 2.24. The molecule has 0 N–H and O–H groups in total. The molecule has 0 unspecified atom stereocenters. The average Bonchev–Trinajstić information content (AvgIpc) is 2.20. The zero-order valence-corrected chi connectivity index (χ0v) is 7.83. The van der Waals surface area contributed by atoms with Crippen LogP contribution >= 0.6 is 0 Å². The van der Waals surface area contributed by atoms with E-state index in [2.05, 4.69) is 36.2 Å². The molecular weight excluding hydrogens is 158 g/mol. The molecule has 1 heteroatoms. The smallest absolute Gasteiger partial charge is 0.0447 e. The van der Waals surface area contributed by atoms with Crippen LogP contribution in [0.25, 0.3) is 5.57 Å². The minimum absolute atomic E-state index is 1.13.